The fourth-order valence-electron chi connectivity index (χ4n) is 4.17. The van der Waals surface area contributed by atoms with Crippen LogP contribution in [0.1, 0.15) is 72.6 Å². The molecule has 1 nitrogen and oxygen atoms in total. The maximum Gasteiger partial charge on any atom is 0.0201 e. The Morgan fingerprint density at radius 1 is 0.947 bits per heavy atom. The summed E-state index contributed by atoms with van der Waals surface area (Å²) in [5.41, 5.74) is 0.462. The van der Waals surface area contributed by atoms with Gasteiger partial charge in [-0.15, -0.1) is 0 Å². The van der Waals surface area contributed by atoms with E-state index >= 15 is 0 Å². The Bertz CT molecular complexity index is 271. The van der Waals surface area contributed by atoms with Crippen LogP contribution in [-0.4, -0.2) is 23.1 Å². The zero-order chi connectivity index (χ0) is 13.9. The van der Waals surface area contributed by atoms with Gasteiger partial charge in [0.2, 0.25) is 0 Å². The Morgan fingerprint density at radius 3 is 2.32 bits per heavy atom. The van der Waals surface area contributed by atoms with Gasteiger partial charge in [0.25, 0.3) is 0 Å². The monoisotopic (exact) mass is 283 g/mol. The Balaban J connectivity index is 1.95. The zero-order valence-electron chi connectivity index (χ0n) is 13.4. The first-order chi connectivity index (χ1) is 9.02. The van der Waals surface area contributed by atoms with Crippen molar-refractivity contribution in [3.63, 3.8) is 0 Å². The van der Waals surface area contributed by atoms with Gasteiger partial charge < -0.3 is 5.32 Å². The van der Waals surface area contributed by atoms with Crippen LogP contribution >= 0.6 is 11.8 Å². The number of hydrogen-bond acceptors (Lipinski definition) is 2. The van der Waals surface area contributed by atoms with Gasteiger partial charge in [0, 0.05) is 17.3 Å². The minimum Gasteiger partial charge on any atom is -0.310 e. The molecule has 0 amide bonds. The fraction of sp³-hybridized carbons (Fsp3) is 1.00. The Kier molecular flexibility index (Phi) is 5.65. The summed E-state index contributed by atoms with van der Waals surface area (Å²) in [5, 5.41) is 4.97. The second-order valence-corrected chi connectivity index (χ2v) is 9.08. The van der Waals surface area contributed by atoms with Crippen LogP contribution in [0.15, 0.2) is 0 Å². The van der Waals surface area contributed by atoms with Crippen LogP contribution in [0.3, 0.4) is 0 Å². The summed E-state index contributed by atoms with van der Waals surface area (Å²) in [4.78, 5) is 0. The van der Waals surface area contributed by atoms with Gasteiger partial charge in [-0.05, 0) is 42.8 Å². The summed E-state index contributed by atoms with van der Waals surface area (Å²) in [7, 11) is 0. The van der Waals surface area contributed by atoms with E-state index in [4.69, 9.17) is 0 Å². The summed E-state index contributed by atoms with van der Waals surface area (Å²) in [6.45, 7) is 9.61. The lowest BCUT2D eigenvalue weighted by Gasteiger charge is -2.42. The largest absolute Gasteiger partial charge is 0.310 e. The second-order valence-electron chi connectivity index (χ2n) is 7.56. The molecule has 0 aromatic carbocycles. The van der Waals surface area contributed by atoms with Crippen molar-refractivity contribution in [2.24, 2.45) is 11.3 Å². The highest BCUT2D eigenvalue weighted by Crippen LogP contribution is 2.39. The Hall–Kier alpha value is 0.310. The van der Waals surface area contributed by atoms with Crippen molar-refractivity contribution in [3.8, 4) is 0 Å². The SMILES string of the molecule is CCSC1CCCC1NC1CCCCC1C(C)(C)C. The predicted octanol–water partition coefficient (Wildman–Crippen LogP) is 4.86. The van der Waals surface area contributed by atoms with Crippen molar-refractivity contribution in [2.45, 2.75) is 90.0 Å². The smallest absolute Gasteiger partial charge is 0.0201 e. The van der Waals surface area contributed by atoms with Crippen LogP contribution in [0.4, 0.5) is 0 Å². The highest BCUT2D eigenvalue weighted by molar-refractivity contribution is 7.99. The minimum atomic E-state index is 0.462. The summed E-state index contributed by atoms with van der Waals surface area (Å²) >= 11 is 2.18. The van der Waals surface area contributed by atoms with Gasteiger partial charge in [-0.2, -0.15) is 11.8 Å². The summed E-state index contributed by atoms with van der Waals surface area (Å²) in [5.74, 6) is 2.14. The molecule has 2 saturated carbocycles. The summed E-state index contributed by atoms with van der Waals surface area (Å²) < 4.78 is 0. The molecular weight excluding hydrogens is 250 g/mol. The molecule has 4 atom stereocenters. The van der Waals surface area contributed by atoms with Crippen LogP contribution < -0.4 is 5.32 Å². The molecule has 2 aliphatic carbocycles. The Morgan fingerprint density at radius 2 is 1.63 bits per heavy atom. The average Bonchev–Trinajstić information content (AvgIpc) is 2.77. The van der Waals surface area contributed by atoms with Gasteiger partial charge in [-0.1, -0.05) is 47.0 Å². The molecule has 2 rings (SSSR count). The van der Waals surface area contributed by atoms with Crippen LogP contribution in [0.2, 0.25) is 0 Å². The maximum atomic E-state index is 4.09. The predicted molar refractivity (Wildman–Crippen MR) is 87.9 cm³/mol. The van der Waals surface area contributed by atoms with E-state index in [-0.39, 0.29) is 0 Å². The quantitative estimate of drug-likeness (QED) is 0.791. The molecule has 19 heavy (non-hydrogen) atoms. The number of nitrogens with one attached hydrogen (secondary N) is 1. The summed E-state index contributed by atoms with van der Waals surface area (Å²) in [6.07, 6.45) is 9.98. The standard InChI is InChI=1S/C17H33NS/c1-5-19-16-12-8-11-15(16)18-14-10-7-6-9-13(14)17(2,3)4/h13-16,18H,5-12H2,1-4H3. The first kappa shape index (κ1) is 15.7. The Labute approximate surface area is 124 Å². The third-order valence-electron chi connectivity index (χ3n) is 5.14. The number of thioether (sulfide) groups is 1. The molecule has 0 heterocycles. The summed E-state index contributed by atoms with van der Waals surface area (Å²) in [6, 6.07) is 1.56. The molecule has 0 spiro atoms. The molecule has 4 unspecified atom stereocenters. The highest BCUT2D eigenvalue weighted by atomic mass is 32.2. The van der Waals surface area contributed by atoms with Crippen molar-refractivity contribution >= 4 is 11.8 Å². The molecule has 0 radical (unpaired) electrons. The lowest BCUT2D eigenvalue weighted by atomic mass is 9.69. The molecule has 0 aliphatic heterocycles. The number of hydrogen-bond donors (Lipinski definition) is 1. The highest BCUT2D eigenvalue weighted by Gasteiger charge is 2.37. The van der Waals surface area contributed by atoms with E-state index in [1.165, 1.54) is 50.7 Å². The molecule has 0 bridgehead atoms. The van der Waals surface area contributed by atoms with Crippen LogP contribution in [0.5, 0.6) is 0 Å². The van der Waals surface area contributed by atoms with Crippen molar-refractivity contribution in [2.75, 3.05) is 5.75 Å². The third kappa shape index (κ3) is 4.14. The van der Waals surface area contributed by atoms with Crippen molar-refractivity contribution < 1.29 is 0 Å². The lowest BCUT2D eigenvalue weighted by Crippen LogP contribution is -2.50. The second kappa shape index (κ2) is 6.85. The van der Waals surface area contributed by atoms with E-state index in [9.17, 15) is 0 Å². The molecule has 0 aromatic rings. The molecular formula is C17H33NS. The van der Waals surface area contributed by atoms with Gasteiger partial charge in [-0.25, -0.2) is 0 Å². The van der Waals surface area contributed by atoms with Crippen LogP contribution in [-0.2, 0) is 0 Å². The van der Waals surface area contributed by atoms with Gasteiger partial charge in [-0.3, -0.25) is 0 Å². The molecule has 2 aliphatic rings. The lowest BCUT2D eigenvalue weighted by molar-refractivity contribution is 0.123. The van der Waals surface area contributed by atoms with Crippen molar-refractivity contribution in [1.29, 1.82) is 0 Å². The first-order valence-electron chi connectivity index (χ1n) is 8.40. The maximum absolute atomic E-state index is 4.09. The molecule has 0 aromatic heterocycles. The molecule has 1 N–H and O–H groups in total. The van der Waals surface area contributed by atoms with Gasteiger partial charge in [0.15, 0.2) is 0 Å². The first-order valence-corrected chi connectivity index (χ1v) is 9.45. The normalized spacial score (nSPS) is 36.6. The van der Waals surface area contributed by atoms with Crippen molar-refractivity contribution in [1.82, 2.24) is 5.32 Å². The van der Waals surface area contributed by atoms with Crippen molar-refractivity contribution in [3.05, 3.63) is 0 Å². The van der Waals surface area contributed by atoms with E-state index < -0.39 is 0 Å². The molecule has 112 valence electrons. The third-order valence-corrected chi connectivity index (χ3v) is 6.47. The van der Waals surface area contributed by atoms with Gasteiger partial charge in [0.05, 0.1) is 0 Å². The topological polar surface area (TPSA) is 12.0 Å². The van der Waals surface area contributed by atoms with E-state index in [2.05, 4.69) is 44.8 Å². The van der Waals surface area contributed by atoms with Crippen LogP contribution in [0.25, 0.3) is 0 Å². The van der Waals surface area contributed by atoms with E-state index in [1.54, 1.807) is 0 Å². The van der Waals surface area contributed by atoms with Gasteiger partial charge >= 0.3 is 0 Å². The number of rotatable bonds is 4. The van der Waals surface area contributed by atoms with Gasteiger partial charge in [0.1, 0.15) is 0 Å². The fourth-order valence-corrected chi connectivity index (χ4v) is 5.38. The zero-order valence-corrected chi connectivity index (χ0v) is 14.2. The molecule has 2 fully saturated rings. The molecule has 0 saturated heterocycles. The average molecular weight is 284 g/mol. The minimum absolute atomic E-state index is 0.462. The van der Waals surface area contributed by atoms with E-state index in [0.717, 1.165) is 23.3 Å². The van der Waals surface area contributed by atoms with E-state index in [1.807, 2.05) is 0 Å². The van der Waals surface area contributed by atoms with Crippen LogP contribution in [0, 0.1) is 11.3 Å². The van der Waals surface area contributed by atoms with E-state index in [0.29, 0.717) is 5.41 Å². The molecule has 2 heteroatoms.